The molecule has 1 saturated heterocycles. The molecule has 0 unspecified atom stereocenters. The van der Waals surface area contributed by atoms with Crippen LogP contribution in [0.25, 0.3) is 56.0 Å². The fourth-order valence-corrected chi connectivity index (χ4v) is 6.06. The Morgan fingerprint density at radius 2 is 1.77 bits per heavy atom. The van der Waals surface area contributed by atoms with E-state index in [9.17, 15) is 12.8 Å². The molecular formula is C31H29FN8O2S. The van der Waals surface area contributed by atoms with Gasteiger partial charge in [0.1, 0.15) is 11.3 Å². The van der Waals surface area contributed by atoms with Gasteiger partial charge in [-0.05, 0) is 79.0 Å². The standard InChI is InChI=1S/C31H29FN8O2S/c1-43(41,42)34-15-20-12-22(14-23(32)13-20)24-16-33-17-27-28(24)37-31(36-27)30-29-26(38-39-30)8-7-25(35-29)21-6-4-5-19(11-21)18-40-9-2-3-10-40/h4-8,11-14,16-17,34H,2-3,9-10,15,18H2,1H3,(H,36,37)(H,38,39). The first-order valence-corrected chi connectivity index (χ1v) is 15.9. The fraction of sp³-hybridized carbons (Fsp3) is 0.226. The first-order chi connectivity index (χ1) is 20.8. The predicted octanol–water partition coefficient (Wildman–Crippen LogP) is 5.01. The number of nitrogens with zero attached hydrogens (tertiary/aromatic N) is 5. The molecule has 10 nitrogen and oxygen atoms in total. The molecular weight excluding hydrogens is 567 g/mol. The lowest BCUT2D eigenvalue weighted by molar-refractivity contribution is 0.331. The molecule has 1 fully saturated rings. The SMILES string of the molecule is CS(=O)(=O)NCc1cc(F)cc(-c2cncc3[nH]c(-c4n[nH]c5ccc(-c6cccc(CN7CCCC7)c6)nc45)nc23)c1. The second-order valence-electron chi connectivity index (χ2n) is 11.0. The van der Waals surface area contributed by atoms with Gasteiger partial charge in [-0.1, -0.05) is 18.2 Å². The van der Waals surface area contributed by atoms with Gasteiger partial charge in [0.05, 0.1) is 34.7 Å². The number of sulfonamides is 1. The first kappa shape index (κ1) is 27.3. The van der Waals surface area contributed by atoms with E-state index in [1.54, 1.807) is 18.5 Å². The van der Waals surface area contributed by atoms with Crippen molar-refractivity contribution in [2.75, 3.05) is 19.3 Å². The molecule has 0 radical (unpaired) electrons. The van der Waals surface area contributed by atoms with E-state index >= 15 is 0 Å². The van der Waals surface area contributed by atoms with Crippen molar-refractivity contribution in [3.63, 3.8) is 0 Å². The molecule has 43 heavy (non-hydrogen) atoms. The van der Waals surface area contributed by atoms with Gasteiger partial charge in [0.15, 0.2) is 11.5 Å². The summed E-state index contributed by atoms with van der Waals surface area (Å²) in [7, 11) is -3.44. The summed E-state index contributed by atoms with van der Waals surface area (Å²) in [6, 6.07) is 16.9. The lowest BCUT2D eigenvalue weighted by Crippen LogP contribution is -2.21. The van der Waals surface area contributed by atoms with Gasteiger partial charge >= 0.3 is 0 Å². The number of nitrogens with one attached hydrogen (secondary N) is 3. The minimum atomic E-state index is -3.44. The second-order valence-corrected chi connectivity index (χ2v) is 12.8. The van der Waals surface area contributed by atoms with Crippen molar-refractivity contribution in [3.05, 3.63) is 83.9 Å². The number of aromatic amines is 2. The Labute approximate surface area is 247 Å². The Kier molecular flexibility index (Phi) is 6.96. The average molecular weight is 597 g/mol. The van der Waals surface area contributed by atoms with Crippen molar-refractivity contribution in [1.29, 1.82) is 0 Å². The van der Waals surface area contributed by atoms with E-state index in [-0.39, 0.29) is 6.54 Å². The van der Waals surface area contributed by atoms with Crippen molar-refractivity contribution in [3.8, 4) is 33.9 Å². The van der Waals surface area contributed by atoms with Crippen molar-refractivity contribution in [2.24, 2.45) is 0 Å². The molecule has 7 rings (SSSR count). The fourth-order valence-electron chi connectivity index (χ4n) is 5.63. The van der Waals surface area contributed by atoms with E-state index in [4.69, 9.17) is 9.97 Å². The smallest absolute Gasteiger partial charge is 0.209 e. The number of benzene rings is 2. The molecule has 0 amide bonds. The number of pyridine rings is 2. The van der Waals surface area contributed by atoms with Crippen LogP contribution in [-0.4, -0.2) is 62.8 Å². The van der Waals surface area contributed by atoms with Crippen molar-refractivity contribution < 1.29 is 12.8 Å². The molecule has 1 aliphatic rings. The number of imidazole rings is 1. The van der Waals surface area contributed by atoms with Crippen LogP contribution in [0, 0.1) is 5.82 Å². The summed E-state index contributed by atoms with van der Waals surface area (Å²) in [5, 5.41) is 7.58. The van der Waals surface area contributed by atoms with Crippen LogP contribution in [0.3, 0.4) is 0 Å². The molecule has 4 aromatic heterocycles. The van der Waals surface area contributed by atoms with Crippen LogP contribution in [0.5, 0.6) is 0 Å². The lowest BCUT2D eigenvalue weighted by atomic mass is 10.0. The molecule has 0 atom stereocenters. The highest BCUT2D eigenvalue weighted by Crippen LogP contribution is 2.32. The number of hydrogen-bond acceptors (Lipinski definition) is 7. The monoisotopic (exact) mass is 596 g/mol. The van der Waals surface area contributed by atoms with Gasteiger partial charge in [0, 0.05) is 30.4 Å². The molecule has 0 aliphatic carbocycles. The molecule has 218 valence electrons. The van der Waals surface area contributed by atoms with Crippen LogP contribution in [0.2, 0.25) is 0 Å². The van der Waals surface area contributed by atoms with Gasteiger partial charge in [0.2, 0.25) is 10.0 Å². The lowest BCUT2D eigenvalue weighted by Gasteiger charge is -2.15. The van der Waals surface area contributed by atoms with E-state index in [1.165, 1.54) is 30.5 Å². The van der Waals surface area contributed by atoms with Crippen LogP contribution in [-0.2, 0) is 23.1 Å². The molecule has 0 bridgehead atoms. The summed E-state index contributed by atoms with van der Waals surface area (Å²) >= 11 is 0. The van der Waals surface area contributed by atoms with Crippen LogP contribution < -0.4 is 4.72 Å². The van der Waals surface area contributed by atoms with Crippen molar-refractivity contribution in [1.82, 2.24) is 39.8 Å². The molecule has 1 aliphatic heterocycles. The van der Waals surface area contributed by atoms with Gasteiger partial charge in [-0.15, -0.1) is 0 Å². The molecule has 3 N–H and O–H groups in total. The number of H-pyrrole nitrogens is 2. The van der Waals surface area contributed by atoms with E-state index in [0.717, 1.165) is 42.7 Å². The van der Waals surface area contributed by atoms with Crippen LogP contribution in [0.4, 0.5) is 4.39 Å². The maximum absolute atomic E-state index is 14.6. The maximum Gasteiger partial charge on any atom is 0.209 e. The number of rotatable bonds is 8. The third-order valence-electron chi connectivity index (χ3n) is 7.66. The van der Waals surface area contributed by atoms with Crippen LogP contribution in [0.1, 0.15) is 24.0 Å². The van der Waals surface area contributed by atoms with Gasteiger partial charge in [0.25, 0.3) is 0 Å². The van der Waals surface area contributed by atoms with Gasteiger partial charge in [-0.3, -0.25) is 15.0 Å². The number of hydrogen-bond donors (Lipinski definition) is 3. The zero-order chi connectivity index (χ0) is 29.6. The third-order valence-corrected chi connectivity index (χ3v) is 8.33. The van der Waals surface area contributed by atoms with Gasteiger partial charge in [-0.2, -0.15) is 5.10 Å². The topological polar surface area (TPSA) is 133 Å². The normalized spacial score (nSPS) is 14.3. The molecule has 5 heterocycles. The highest BCUT2D eigenvalue weighted by atomic mass is 32.2. The summed E-state index contributed by atoms with van der Waals surface area (Å²) < 4.78 is 40.1. The van der Waals surface area contributed by atoms with Crippen LogP contribution >= 0.6 is 0 Å². The zero-order valence-electron chi connectivity index (χ0n) is 23.4. The average Bonchev–Trinajstić information content (AvgIpc) is 3.75. The van der Waals surface area contributed by atoms with Gasteiger partial charge in [-0.25, -0.2) is 27.5 Å². The predicted molar refractivity (Wildman–Crippen MR) is 164 cm³/mol. The maximum atomic E-state index is 14.6. The summed E-state index contributed by atoms with van der Waals surface area (Å²) in [6.07, 6.45) is 6.84. The Morgan fingerprint density at radius 1 is 0.930 bits per heavy atom. The van der Waals surface area contributed by atoms with Crippen LogP contribution in [0.15, 0.2) is 67.0 Å². The molecule has 2 aromatic carbocycles. The molecule has 12 heteroatoms. The Hall–Kier alpha value is -4.52. The van der Waals surface area contributed by atoms with Gasteiger partial charge < -0.3 is 4.98 Å². The first-order valence-electron chi connectivity index (χ1n) is 14.0. The summed E-state index contributed by atoms with van der Waals surface area (Å²) in [6.45, 7) is 3.18. The second kappa shape index (κ2) is 11.0. The summed E-state index contributed by atoms with van der Waals surface area (Å²) in [5.41, 5.74) is 7.99. The minimum Gasteiger partial charge on any atom is -0.335 e. The van der Waals surface area contributed by atoms with E-state index in [2.05, 4.69) is 54.1 Å². The molecule has 0 spiro atoms. The Morgan fingerprint density at radius 3 is 2.60 bits per heavy atom. The summed E-state index contributed by atoms with van der Waals surface area (Å²) in [5.74, 6) is 0.00777. The Bertz CT molecular complexity index is 2080. The Balaban J connectivity index is 1.24. The van der Waals surface area contributed by atoms with E-state index in [1.807, 2.05) is 12.1 Å². The minimum absolute atomic E-state index is 0.0345. The quantitative estimate of drug-likeness (QED) is 0.225. The number of aromatic nitrogens is 6. The van der Waals surface area contributed by atoms with Crippen molar-refractivity contribution in [2.45, 2.75) is 25.9 Å². The number of fused-ring (bicyclic) bond motifs is 2. The molecule has 0 saturated carbocycles. The number of likely N-dealkylation sites (tertiary alicyclic amines) is 1. The number of halogens is 1. The van der Waals surface area contributed by atoms with E-state index < -0.39 is 15.8 Å². The molecule has 6 aromatic rings. The van der Waals surface area contributed by atoms with Crippen molar-refractivity contribution >= 4 is 32.1 Å². The highest BCUT2D eigenvalue weighted by Gasteiger charge is 2.18. The van der Waals surface area contributed by atoms with E-state index in [0.29, 0.717) is 44.8 Å². The largest absolute Gasteiger partial charge is 0.335 e. The zero-order valence-corrected chi connectivity index (χ0v) is 24.2. The highest BCUT2D eigenvalue weighted by molar-refractivity contribution is 7.88. The summed E-state index contributed by atoms with van der Waals surface area (Å²) in [4.78, 5) is 19.9. The third kappa shape index (κ3) is 5.76.